The predicted molar refractivity (Wildman–Crippen MR) is 195 cm³/mol. The molecule has 51 heavy (non-hydrogen) atoms. The van der Waals surface area contributed by atoms with E-state index in [1.54, 1.807) is 0 Å². The summed E-state index contributed by atoms with van der Waals surface area (Å²) in [6, 6.07) is 42.3. The van der Waals surface area contributed by atoms with Crippen LogP contribution in [-0.2, 0) is 63.1 Å². The molecule has 5 aromatic rings. The fourth-order valence-corrected chi connectivity index (χ4v) is 7.10. The summed E-state index contributed by atoms with van der Waals surface area (Å²) in [5.41, 5.74) is 6.53. The van der Waals surface area contributed by atoms with Crippen LogP contribution >= 0.6 is 11.6 Å². The zero-order valence-electron chi connectivity index (χ0n) is 28.4. The Morgan fingerprint density at radius 2 is 1.12 bits per heavy atom. The fraction of sp³-hybridized carbons (Fsp3) is 0.302. The van der Waals surface area contributed by atoms with Gasteiger partial charge in [0.1, 0.15) is 36.3 Å². The molecular weight excluding hydrogens is 664 g/mol. The predicted octanol–water partition coefficient (Wildman–Crippen LogP) is 8.18. The van der Waals surface area contributed by atoms with E-state index >= 15 is 0 Å². The van der Waals surface area contributed by atoms with Gasteiger partial charge in [0.25, 0.3) is 0 Å². The highest BCUT2D eigenvalue weighted by atomic mass is 35.5. The molecule has 8 heteroatoms. The van der Waals surface area contributed by atoms with Gasteiger partial charge in [-0.1, -0.05) is 133 Å². The maximum Gasteiger partial charge on any atom is 0.141 e. The normalized spacial score (nSPS) is 21.3. The molecule has 0 bridgehead atoms. The molecule has 5 atom stereocenters. The third kappa shape index (κ3) is 8.71. The summed E-state index contributed by atoms with van der Waals surface area (Å²) in [7, 11) is 0. The van der Waals surface area contributed by atoms with E-state index in [1.807, 2.05) is 127 Å². The average molecular weight is 707 g/mol. The summed E-state index contributed by atoms with van der Waals surface area (Å²) in [4.78, 5) is 0. The van der Waals surface area contributed by atoms with E-state index in [4.69, 9.17) is 40.0 Å². The van der Waals surface area contributed by atoms with Gasteiger partial charge in [-0.25, -0.2) is 0 Å². The molecule has 5 aromatic carbocycles. The van der Waals surface area contributed by atoms with E-state index in [9.17, 15) is 5.11 Å². The van der Waals surface area contributed by atoms with Crippen LogP contribution < -0.4 is 4.74 Å². The SMILES string of the molecule is OCc1cc([C@@H]2O[C@H](COCc3ccccc3)[C@@H](OCc3ccccc3)[C@H](OCc3ccccc3)[C@H]2OCc2ccccc2)c2c(c1Cl)OCC2. The van der Waals surface area contributed by atoms with Crippen LogP contribution in [0.15, 0.2) is 127 Å². The maximum absolute atomic E-state index is 10.4. The Balaban J connectivity index is 1.29. The van der Waals surface area contributed by atoms with Crippen LogP contribution in [0, 0.1) is 0 Å². The molecule has 1 N–H and O–H groups in total. The lowest BCUT2D eigenvalue weighted by Gasteiger charge is -2.47. The van der Waals surface area contributed by atoms with Gasteiger partial charge in [0.05, 0.1) is 51.3 Å². The molecule has 7 rings (SSSR count). The standard InChI is InChI=1S/C43H43ClO7/c44-38-34(24-45)23-36(35-21-22-47-39(35)38)40-42(49-27-32-17-9-3-10-18-32)43(50-28-33-19-11-4-12-20-33)41(48-26-31-15-7-2-8-16-31)37(51-40)29-46-25-30-13-5-1-6-14-30/h1-20,23,37,40-43,45H,21-22,24-29H2/t37-,40+,41-,42+,43+/m1/s1. The number of benzene rings is 5. The van der Waals surface area contributed by atoms with Crippen molar-refractivity contribution < 1.29 is 33.5 Å². The van der Waals surface area contributed by atoms with Crippen molar-refractivity contribution in [2.24, 2.45) is 0 Å². The second-order valence-electron chi connectivity index (χ2n) is 12.9. The Morgan fingerprint density at radius 1 is 0.627 bits per heavy atom. The van der Waals surface area contributed by atoms with Crippen molar-refractivity contribution in [3.05, 3.63) is 171 Å². The Hall–Kier alpha value is -4.05. The first-order valence-electron chi connectivity index (χ1n) is 17.5. The molecule has 2 aliphatic rings. The van der Waals surface area contributed by atoms with E-state index < -0.39 is 30.5 Å². The van der Waals surface area contributed by atoms with Crippen molar-refractivity contribution in [1.29, 1.82) is 0 Å². The van der Waals surface area contributed by atoms with Gasteiger partial charge in [-0.05, 0) is 33.9 Å². The molecule has 0 saturated carbocycles. The number of hydrogen-bond donors (Lipinski definition) is 1. The molecule has 1 fully saturated rings. The second kappa shape index (κ2) is 17.4. The van der Waals surface area contributed by atoms with Crippen LogP contribution in [0.1, 0.15) is 45.0 Å². The third-order valence-electron chi connectivity index (χ3n) is 9.39. The molecule has 0 radical (unpaired) electrons. The molecule has 2 aliphatic heterocycles. The highest BCUT2D eigenvalue weighted by Crippen LogP contribution is 2.46. The van der Waals surface area contributed by atoms with Gasteiger partial charge in [0, 0.05) is 17.5 Å². The van der Waals surface area contributed by atoms with Crippen LogP contribution in [0.4, 0.5) is 0 Å². The fourth-order valence-electron chi connectivity index (χ4n) is 6.82. The van der Waals surface area contributed by atoms with Gasteiger partial charge in [-0.15, -0.1) is 0 Å². The lowest BCUT2D eigenvalue weighted by atomic mass is 9.87. The third-order valence-corrected chi connectivity index (χ3v) is 9.81. The molecule has 2 heterocycles. The zero-order chi connectivity index (χ0) is 34.8. The Bertz CT molecular complexity index is 1810. The molecule has 1 saturated heterocycles. The van der Waals surface area contributed by atoms with Gasteiger partial charge in [0.15, 0.2) is 0 Å². The van der Waals surface area contributed by atoms with Crippen LogP contribution in [0.3, 0.4) is 0 Å². The highest BCUT2D eigenvalue weighted by molar-refractivity contribution is 6.33. The molecule has 7 nitrogen and oxygen atoms in total. The summed E-state index contributed by atoms with van der Waals surface area (Å²) in [5.74, 6) is 0.588. The Kier molecular flexibility index (Phi) is 12.1. The Labute approximate surface area is 304 Å². The average Bonchev–Trinajstić information content (AvgIpc) is 3.69. The smallest absolute Gasteiger partial charge is 0.141 e. The lowest BCUT2D eigenvalue weighted by Crippen LogP contribution is -2.58. The quantitative estimate of drug-likeness (QED) is 0.118. The van der Waals surface area contributed by atoms with E-state index in [0.717, 1.165) is 33.4 Å². The molecule has 0 aliphatic carbocycles. The first-order valence-corrected chi connectivity index (χ1v) is 17.9. The molecular formula is C43H43ClO7. The maximum atomic E-state index is 10.4. The molecule has 0 amide bonds. The van der Waals surface area contributed by atoms with Gasteiger partial charge in [-0.2, -0.15) is 0 Å². The first kappa shape index (κ1) is 35.4. The number of rotatable bonds is 15. The molecule has 264 valence electrons. The van der Waals surface area contributed by atoms with Gasteiger partial charge in [-0.3, -0.25) is 0 Å². The van der Waals surface area contributed by atoms with E-state index in [0.29, 0.717) is 55.8 Å². The number of aliphatic hydroxyl groups is 1. The summed E-state index contributed by atoms with van der Waals surface area (Å²) < 4.78 is 40.2. The van der Waals surface area contributed by atoms with E-state index in [-0.39, 0.29) is 13.2 Å². The van der Waals surface area contributed by atoms with Gasteiger partial charge >= 0.3 is 0 Å². The summed E-state index contributed by atoms with van der Waals surface area (Å²) in [5, 5.41) is 10.8. The molecule has 0 spiro atoms. The number of hydrogen-bond acceptors (Lipinski definition) is 7. The van der Waals surface area contributed by atoms with Crippen molar-refractivity contribution in [3.8, 4) is 5.75 Å². The monoisotopic (exact) mass is 706 g/mol. The van der Waals surface area contributed by atoms with Crippen LogP contribution in [0.25, 0.3) is 0 Å². The number of halogens is 1. The lowest BCUT2D eigenvalue weighted by molar-refractivity contribution is -0.275. The highest BCUT2D eigenvalue weighted by Gasteiger charge is 2.50. The zero-order valence-corrected chi connectivity index (χ0v) is 29.2. The minimum absolute atomic E-state index is 0.245. The summed E-state index contributed by atoms with van der Waals surface area (Å²) >= 11 is 6.75. The summed E-state index contributed by atoms with van der Waals surface area (Å²) in [6.07, 6.45) is -2.25. The largest absolute Gasteiger partial charge is 0.491 e. The molecule has 0 aromatic heterocycles. The van der Waals surface area contributed by atoms with Crippen molar-refractivity contribution in [2.45, 2.75) is 70.0 Å². The van der Waals surface area contributed by atoms with Gasteiger partial charge < -0.3 is 33.5 Å². The second-order valence-corrected chi connectivity index (χ2v) is 13.3. The number of fused-ring (bicyclic) bond motifs is 1. The first-order chi connectivity index (χ1) is 25.2. The minimum atomic E-state index is -0.616. The topological polar surface area (TPSA) is 75.6 Å². The van der Waals surface area contributed by atoms with E-state index in [2.05, 4.69) is 0 Å². The van der Waals surface area contributed by atoms with Crippen molar-refractivity contribution >= 4 is 11.6 Å². The van der Waals surface area contributed by atoms with Crippen molar-refractivity contribution in [3.63, 3.8) is 0 Å². The number of aliphatic hydroxyl groups excluding tert-OH is 1. The van der Waals surface area contributed by atoms with E-state index in [1.165, 1.54) is 0 Å². The van der Waals surface area contributed by atoms with Crippen molar-refractivity contribution in [2.75, 3.05) is 13.2 Å². The van der Waals surface area contributed by atoms with Crippen LogP contribution in [0.5, 0.6) is 5.75 Å². The van der Waals surface area contributed by atoms with Crippen molar-refractivity contribution in [1.82, 2.24) is 0 Å². The summed E-state index contributed by atoms with van der Waals surface area (Å²) in [6.45, 7) is 1.93. The van der Waals surface area contributed by atoms with Crippen LogP contribution in [-0.4, -0.2) is 42.7 Å². The van der Waals surface area contributed by atoms with Gasteiger partial charge in [0.2, 0.25) is 0 Å². The number of ether oxygens (including phenoxy) is 6. The van der Waals surface area contributed by atoms with Crippen LogP contribution in [0.2, 0.25) is 5.02 Å². The minimum Gasteiger partial charge on any atom is -0.491 e. The Morgan fingerprint density at radius 3 is 1.65 bits per heavy atom. The molecule has 0 unspecified atom stereocenters.